The molecule has 0 aliphatic heterocycles. The first-order valence-electron chi connectivity index (χ1n) is 10.9. The molecule has 0 atom stereocenters. The third-order valence-corrected chi connectivity index (χ3v) is 8.24. The molecular formula is C24H12F10O6S2. The van der Waals surface area contributed by atoms with Crippen LogP contribution in [0.1, 0.15) is 0 Å². The van der Waals surface area contributed by atoms with Crippen LogP contribution in [0.3, 0.4) is 0 Å². The van der Waals surface area contributed by atoms with E-state index in [2.05, 4.69) is 8.37 Å². The minimum Gasteiger partial charge on any atom is -0.377 e. The summed E-state index contributed by atoms with van der Waals surface area (Å²) in [7, 11) is -13.8. The van der Waals surface area contributed by atoms with Gasteiger partial charge in [0.2, 0.25) is 0 Å². The fraction of sp³-hybridized carbons (Fsp3) is 0.167. The third-order valence-electron chi connectivity index (χ3n) is 5.72. The van der Waals surface area contributed by atoms with E-state index < -0.39 is 65.7 Å². The van der Waals surface area contributed by atoms with E-state index in [1.807, 2.05) is 0 Å². The van der Waals surface area contributed by atoms with Crippen LogP contribution in [0.15, 0.2) is 72.8 Å². The summed E-state index contributed by atoms with van der Waals surface area (Å²) >= 11 is 0. The number of benzene rings is 4. The highest BCUT2D eigenvalue weighted by atomic mass is 32.2. The summed E-state index contributed by atoms with van der Waals surface area (Å²) < 4.78 is 190. The van der Waals surface area contributed by atoms with Crippen LogP contribution in [0.4, 0.5) is 43.9 Å². The lowest BCUT2D eigenvalue weighted by atomic mass is 9.92. The average Bonchev–Trinajstić information content (AvgIpc) is 2.87. The molecule has 0 aliphatic rings. The monoisotopic (exact) mass is 650 g/mol. The quantitative estimate of drug-likeness (QED) is 0.153. The van der Waals surface area contributed by atoms with Gasteiger partial charge >= 0.3 is 43.1 Å². The summed E-state index contributed by atoms with van der Waals surface area (Å²) in [5, 5.41) is -13.2. The number of alkyl halides is 10. The number of halogens is 10. The van der Waals surface area contributed by atoms with Crippen molar-refractivity contribution in [2.24, 2.45) is 0 Å². The molecule has 4 aromatic rings. The van der Waals surface area contributed by atoms with Crippen molar-refractivity contribution in [1.82, 2.24) is 0 Å². The molecule has 4 rings (SSSR count). The molecule has 0 aliphatic carbocycles. The van der Waals surface area contributed by atoms with E-state index in [9.17, 15) is 60.7 Å². The first kappa shape index (κ1) is 31.1. The first-order valence-corrected chi connectivity index (χ1v) is 13.7. The molecule has 0 bridgehead atoms. The molecule has 0 saturated heterocycles. The third kappa shape index (κ3) is 5.05. The Hall–Kier alpha value is -3.80. The Kier molecular flexibility index (Phi) is 7.33. The molecule has 0 spiro atoms. The zero-order valence-electron chi connectivity index (χ0n) is 20.0. The number of hydrogen-bond donors (Lipinski definition) is 0. The van der Waals surface area contributed by atoms with Crippen LogP contribution in [-0.4, -0.2) is 39.7 Å². The van der Waals surface area contributed by atoms with Crippen LogP contribution in [-0.2, 0) is 20.2 Å². The minimum absolute atomic E-state index is 0.0993. The number of rotatable bonds is 7. The summed E-state index contributed by atoms with van der Waals surface area (Å²) in [6.45, 7) is 0. The summed E-state index contributed by atoms with van der Waals surface area (Å²) in [4.78, 5) is 0. The number of hydrogen-bond acceptors (Lipinski definition) is 6. The van der Waals surface area contributed by atoms with Crippen molar-refractivity contribution in [3.8, 4) is 22.6 Å². The Balaban J connectivity index is 2.09. The van der Waals surface area contributed by atoms with E-state index in [0.717, 1.165) is 24.3 Å². The molecule has 0 heterocycles. The molecule has 0 radical (unpaired) electrons. The smallest absolute Gasteiger partial charge is 0.377 e. The fourth-order valence-corrected chi connectivity index (χ4v) is 5.31. The van der Waals surface area contributed by atoms with Crippen LogP contribution < -0.4 is 8.37 Å². The maximum Gasteiger partial charge on any atom is 0.475 e. The van der Waals surface area contributed by atoms with E-state index in [4.69, 9.17) is 0 Å². The van der Waals surface area contributed by atoms with E-state index in [0.29, 0.717) is 12.1 Å². The van der Waals surface area contributed by atoms with Gasteiger partial charge in [-0.2, -0.15) is 60.7 Å². The molecule has 6 nitrogen and oxygen atoms in total. The van der Waals surface area contributed by atoms with Crippen molar-refractivity contribution in [3.63, 3.8) is 0 Å². The molecule has 4 aromatic carbocycles. The lowest BCUT2D eigenvalue weighted by molar-refractivity contribution is -0.243. The highest BCUT2D eigenvalue weighted by Gasteiger charge is 2.70. The van der Waals surface area contributed by atoms with Gasteiger partial charge < -0.3 is 8.37 Å². The van der Waals surface area contributed by atoms with Gasteiger partial charge in [0.15, 0.2) is 11.5 Å². The normalized spacial score (nSPS) is 13.9. The van der Waals surface area contributed by atoms with Crippen LogP contribution in [0.5, 0.6) is 11.5 Å². The molecule has 0 unspecified atom stereocenters. The van der Waals surface area contributed by atoms with Gasteiger partial charge in [-0.25, -0.2) is 0 Å². The average molecular weight is 650 g/mol. The molecule has 18 heteroatoms. The van der Waals surface area contributed by atoms with Crippen molar-refractivity contribution in [3.05, 3.63) is 72.8 Å². The van der Waals surface area contributed by atoms with Gasteiger partial charge in [-0.15, -0.1) is 0 Å². The summed E-state index contributed by atoms with van der Waals surface area (Å²) in [6.07, 6.45) is -13.3. The molecule has 0 fully saturated rings. The Morgan fingerprint density at radius 3 is 1.07 bits per heavy atom. The van der Waals surface area contributed by atoms with E-state index in [1.54, 1.807) is 0 Å². The standard InChI is InChI=1S/C24H12F10O6S2/c25-21(26,27)23(31,32)41(35,36)39-17-11-9-13-5-1-3-7-15(13)19(17)20-16-8-4-2-6-14(16)10-12-18(20)40-42(37,38)24(33,34)22(28,29)30/h1-12H. The second-order valence-electron chi connectivity index (χ2n) is 8.42. The highest BCUT2D eigenvalue weighted by Crippen LogP contribution is 2.49. The summed E-state index contributed by atoms with van der Waals surface area (Å²) in [5.74, 6) is -2.59. The summed E-state index contributed by atoms with van der Waals surface area (Å²) in [6, 6.07) is 13.5. The molecule has 226 valence electrons. The van der Waals surface area contributed by atoms with Gasteiger partial charge in [0, 0.05) is 11.1 Å². The van der Waals surface area contributed by atoms with Crippen molar-refractivity contribution < 1.29 is 69.1 Å². The second kappa shape index (κ2) is 9.89. The molecular weight excluding hydrogens is 638 g/mol. The molecule has 0 amide bonds. The molecule has 0 aromatic heterocycles. The largest absolute Gasteiger partial charge is 0.475 e. The zero-order valence-corrected chi connectivity index (χ0v) is 21.6. The van der Waals surface area contributed by atoms with Gasteiger partial charge in [-0.3, -0.25) is 0 Å². The Morgan fingerprint density at radius 1 is 0.452 bits per heavy atom. The van der Waals surface area contributed by atoms with Crippen LogP contribution >= 0.6 is 0 Å². The minimum atomic E-state index is -6.90. The molecule has 42 heavy (non-hydrogen) atoms. The van der Waals surface area contributed by atoms with Crippen LogP contribution in [0.2, 0.25) is 0 Å². The van der Waals surface area contributed by atoms with Crippen molar-refractivity contribution >= 4 is 41.8 Å². The Bertz CT molecular complexity index is 1760. The first-order chi connectivity index (χ1) is 19.1. The lowest BCUT2D eigenvalue weighted by Crippen LogP contribution is -2.46. The maximum atomic E-state index is 13.9. The van der Waals surface area contributed by atoms with Gasteiger partial charge in [0.25, 0.3) is 0 Å². The lowest BCUT2D eigenvalue weighted by Gasteiger charge is -2.23. The van der Waals surface area contributed by atoms with Crippen molar-refractivity contribution in [2.45, 2.75) is 22.9 Å². The van der Waals surface area contributed by atoms with Crippen molar-refractivity contribution in [1.29, 1.82) is 0 Å². The highest BCUT2D eigenvalue weighted by molar-refractivity contribution is 7.88. The number of fused-ring (bicyclic) bond motifs is 2. The van der Waals surface area contributed by atoms with E-state index >= 15 is 0 Å². The van der Waals surface area contributed by atoms with Gasteiger partial charge in [-0.05, 0) is 33.7 Å². The summed E-state index contributed by atoms with van der Waals surface area (Å²) in [5.41, 5.74) is -1.57. The second-order valence-corrected chi connectivity index (χ2v) is 11.6. The van der Waals surface area contributed by atoms with Crippen molar-refractivity contribution in [2.75, 3.05) is 0 Å². The Labute approximate surface area is 229 Å². The van der Waals surface area contributed by atoms with Crippen LogP contribution in [0.25, 0.3) is 32.7 Å². The maximum absolute atomic E-state index is 13.9. The van der Waals surface area contributed by atoms with E-state index in [1.165, 1.54) is 36.4 Å². The predicted molar refractivity (Wildman–Crippen MR) is 128 cm³/mol. The van der Waals surface area contributed by atoms with Crippen LogP contribution in [0, 0.1) is 0 Å². The Morgan fingerprint density at radius 2 is 0.762 bits per heavy atom. The van der Waals surface area contributed by atoms with Gasteiger partial charge in [-0.1, -0.05) is 60.7 Å². The molecule has 0 N–H and O–H groups in total. The fourth-order valence-electron chi connectivity index (χ4n) is 3.78. The molecule has 0 saturated carbocycles. The van der Waals surface area contributed by atoms with Gasteiger partial charge in [0.05, 0.1) is 0 Å². The SMILES string of the molecule is O=S(=O)(Oc1ccc2ccccc2c1-c1c(OS(=O)(=O)C(F)(F)C(F)(F)F)ccc2ccccc12)C(F)(F)C(F)(F)F. The van der Waals surface area contributed by atoms with Gasteiger partial charge in [0.1, 0.15) is 0 Å². The zero-order chi connectivity index (χ0) is 31.5. The predicted octanol–water partition coefficient (Wildman–Crippen LogP) is 7.39. The topological polar surface area (TPSA) is 86.7 Å². The van der Waals surface area contributed by atoms with E-state index in [-0.39, 0.29) is 21.5 Å².